The molecule has 5 nitrogen and oxygen atoms in total. The van der Waals surface area contributed by atoms with Crippen LogP contribution in [-0.2, 0) is 9.59 Å². The zero-order valence-corrected chi connectivity index (χ0v) is 16.7. The Morgan fingerprint density at radius 1 is 1.14 bits per heavy atom. The summed E-state index contributed by atoms with van der Waals surface area (Å²) >= 11 is 0. The Hall–Kier alpha value is -3.15. The molecule has 1 unspecified atom stereocenters. The molecule has 1 saturated heterocycles. The molecule has 0 aromatic heterocycles. The number of rotatable bonds is 6. The monoisotopic (exact) mass is 397 g/mol. The van der Waals surface area contributed by atoms with Gasteiger partial charge in [-0.25, -0.2) is 4.39 Å². The number of aliphatic hydroxyl groups excluding tert-OH is 1. The lowest BCUT2D eigenvalue weighted by Crippen LogP contribution is -2.30. The van der Waals surface area contributed by atoms with Gasteiger partial charge in [0.05, 0.1) is 18.2 Å². The number of nitrogens with zero attached hydrogens (tertiary/aromatic N) is 1. The summed E-state index contributed by atoms with van der Waals surface area (Å²) in [5.41, 5.74) is 1.81. The molecule has 0 bridgehead atoms. The summed E-state index contributed by atoms with van der Waals surface area (Å²) in [5.74, 6) is -1.38. The molecule has 1 heterocycles. The summed E-state index contributed by atoms with van der Waals surface area (Å²) < 4.78 is 18.9. The minimum atomic E-state index is -0.762. The van der Waals surface area contributed by atoms with Gasteiger partial charge in [0, 0.05) is 12.1 Å². The van der Waals surface area contributed by atoms with Gasteiger partial charge in [0.15, 0.2) is 0 Å². The van der Waals surface area contributed by atoms with E-state index >= 15 is 0 Å². The second-order valence-corrected chi connectivity index (χ2v) is 6.96. The molecule has 2 aromatic rings. The maximum atomic E-state index is 13.4. The number of hydrogen-bond acceptors (Lipinski definition) is 4. The summed E-state index contributed by atoms with van der Waals surface area (Å²) in [6, 6.07) is 9.96. The molecule has 2 aromatic carbocycles. The fourth-order valence-corrected chi connectivity index (χ4v) is 3.61. The summed E-state index contributed by atoms with van der Waals surface area (Å²) in [7, 11) is 0. The Morgan fingerprint density at radius 2 is 1.83 bits per heavy atom. The first-order valence-corrected chi connectivity index (χ1v) is 9.66. The van der Waals surface area contributed by atoms with E-state index in [0.717, 1.165) is 5.56 Å². The lowest BCUT2D eigenvalue weighted by molar-refractivity contribution is -0.139. The number of carbonyl (C=O) groups is 2. The van der Waals surface area contributed by atoms with E-state index in [1.165, 1.54) is 29.2 Å². The Bertz CT molecular complexity index is 965. The van der Waals surface area contributed by atoms with E-state index in [9.17, 15) is 19.1 Å². The van der Waals surface area contributed by atoms with Gasteiger partial charge in [0.25, 0.3) is 11.7 Å². The smallest absolute Gasteiger partial charge is 0.295 e. The van der Waals surface area contributed by atoms with Crippen molar-refractivity contribution in [2.45, 2.75) is 33.2 Å². The van der Waals surface area contributed by atoms with Crippen LogP contribution in [0.15, 0.2) is 48.0 Å². The maximum absolute atomic E-state index is 13.4. The second-order valence-electron chi connectivity index (χ2n) is 6.96. The maximum Gasteiger partial charge on any atom is 0.295 e. The molecule has 1 atom stereocenters. The first-order chi connectivity index (χ1) is 13.9. The molecule has 152 valence electrons. The largest absolute Gasteiger partial charge is 0.507 e. The van der Waals surface area contributed by atoms with Crippen LogP contribution in [0.4, 0.5) is 4.39 Å². The quantitative estimate of drug-likeness (QED) is 0.447. The van der Waals surface area contributed by atoms with Crippen LogP contribution >= 0.6 is 0 Å². The number of ether oxygens (including phenoxy) is 1. The number of Topliss-reactive ketones (excluding diaryl/α,β-unsaturated/α-hetero) is 1. The van der Waals surface area contributed by atoms with Gasteiger partial charge >= 0.3 is 0 Å². The van der Waals surface area contributed by atoms with Crippen LogP contribution in [0.5, 0.6) is 5.75 Å². The molecule has 0 aliphatic carbocycles. The number of amides is 1. The van der Waals surface area contributed by atoms with E-state index in [1.54, 1.807) is 18.2 Å². The summed E-state index contributed by atoms with van der Waals surface area (Å²) in [6.45, 7) is 6.49. The van der Waals surface area contributed by atoms with Crippen molar-refractivity contribution in [3.05, 3.63) is 70.5 Å². The van der Waals surface area contributed by atoms with Crippen molar-refractivity contribution < 1.29 is 23.8 Å². The van der Waals surface area contributed by atoms with Gasteiger partial charge in [-0.1, -0.05) is 19.1 Å². The lowest BCUT2D eigenvalue weighted by Gasteiger charge is -2.24. The number of ketones is 1. The zero-order chi connectivity index (χ0) is 21.1. The SMILES string of the molecule is CCCN1C(=O)C(=O)/C(=C(\O)c2ccc(OCC)c(C)c2)C1c1ccc(F)cc1. The highest BCUT2D eigenvalue weighted by Gasteiger charge is 2.45. The average Bonchev–Trinajstić information content (AvgIpc) is 2.95. The minimum absolute atomic E-state index is 0.0126. The Kier molecular flexibility index (Phi) is 6.01. The molecule has 1 fully saturated rings. The van der Waals surface area contributed by atoms with E-state index in [1.807, 2.05) is 20.8 Å². The highest BCUT2D eigenvalue weighted by atomic mass is 19.1. The minimum Gasteiger partial charge on any atom is -0.507 e. The Balaban J connectivity index is 2.14. The van der Waals surface area contributed by atoms with Crippen LogP contribution in [-0.4, -0.2) is 34.8 Å². The van der Waals surface area contributed by atoms with Crippen LogP contribution in [0.3, 0.4) is 0 Å². The van der Waals surface area contributed by atoms with Crippen LogP contribution in [0.25, 0.3) is 5.76 Å². The van der Waals surface area contributed by atoms with Crippen molar-refractivity contribution in [2.75, 3.05) is 13.2 Å². The van der Waals surface area contributed by atoms with Gasteiger partial charge in [-0.3, -0.25) is 9.59 Å². The van der Waals surface area contributed by atoms with Crippen molar-refractivity contribution >= 4 is 17.4 Å². The molecule has 1 amide bonds. The fraction of sp³-hybridized carbons (Fsp3) is 0.304. The van der Waals surface area contributed by atoms with Crippen molar-refractivity contribution in [3.63, 3.8) is 0 Å². The molecule has 1 aliphatic heterocycles. The first-order valence-electron chi connectivity index (χ1n) is 9.66. The lowest BCUT2D eigenvalue weighted by atomic mass is 9.94. The summed E-state index contributed by atoms with van der Waals surface area (Å²) in [5, 5.41) is 11.0. The number of halogens is 1. The van der Waals surface area contributed by atoms with Gasteiger partial charge in [-0.2, -0.15) is 0 Å². The van der Waals surface area contributed by atoms with Crippen LogP contribution < -0.4 is 4.74 Å². The average molecular weight is 397 g/mol. The molecule has 0 saturated carbocycles. The molecule has 0 spiro atoms. The van der Waals surface area contributed by atoms with Gasteiger partial charge in [0.2, 0.25) is 0 Å². The molecule has 3 rings (SSSR count). The third-order valence-corrected chi connectivity index (χ3v) is 4.94. The van der Waals surface area contributed by atoms with E-state index in [-0.39, 0.29) is 11.3 Å². The number of aliphatic hydroxyl groups is 1. The van der Waals surface area contributed by atoms with Gasteiger partial charge in [-0.15, -0.1) is 0 Å². The zero-order valence-electron chi connectivity index (χ0n) is 16.7. The number of benzene rings is 2. The fourth-order valence-electron chi connectivity index (χ4n) is 3.61. The predicted molar refractivity (Wildman–Crippen MR) is 108 cm³/mol. The van der Waals surface area contributed by atoms with E-state index < -0.39 is 23.5 Å². The number of aryl methyl sites for hydroxylation is 1. The van der Waals surface area contributed by atoms with Crippen LogP contribution in [0.1, 0.15) is 43.0 Å². The molecule has 6 heteroatoms. The number of carbonyl (C=O) groups excluding carboxylic acids is 2. The molecule has 0 radical (unpaired) electrons. The third-order valence-electron chi connectivity index (χ3n) is 4.94. The molecule has 1 N–H and O–H groups in total. The van der Waals surface area contributed by atoms with Crippen molar-refractivity contribution in [2.24, 2.45) is 0 Å². The van der Waals surface area contributed by atoms with Crippen LogP contribution in [0, 0.1) is 12.7 Å². The van der Waals surface area contributed by atoms with E-state index in [4.69, 9.17) is 4.74 Å². The number of hydrogen-bond donors (Lipinski definition) is 1. The summed E-state index contributed by atoms with van der Waals surface area (Å²) in [4.78, 5) is 26.9. The highest BCUT2D eigenvalue weighted by Crippen LogP contribution is 2.39. The first kappa shape index (κ1) is 20.6. The number of likely N-dealkylation sites (tertiary alicyclic amines) is 1. The second kappa shape index (κ2) is 8.47. The standard InChI is InChI=1S/C23H24FNO4/c1-4-12-25-20(15-6-9-17(24)10-7-15)19(22(27)23(25)28)21(26)16-8-11-18(29-5-2)14(3)13-16/h6-11,13,20,26H,4-5,12H2,1-3H3/b21-19-. The van der Waals surface area contributed by atoms with E-state index in [2.05, 4.69) is 0 Å². The van der Waals surface area contributed by atoms with E-state index in [0.29, 0.717) is 36.4 Å². The third kappa shape index (κ3) is 3.88. The predicted octanol–water partition coefficient (Wildman–Crippen LogP) is 4.36. The van der Waals surface area contributed by atoms with Crippen LogP contribution in [0.2, 0.25) is 0 Å². The Morgan fingerprint density at radius 3 is 2.41 bits per heavy atom. The highest BCUT2D eigenvalue weighted by molar-refractivity contribution is 6.46. The van der Waals surface area contributed by atoms with Crippen molar-refractivity contribution in [3.8, 4) is 5.75 Å². The topological polar surface area (TPSA) is 66.8 Å². The Labute approximate surface area is 169 Å². The molecular weight excluding hydrogens is 373 g/mol. The molecular formula is C23H24FNO4. The van der Waals surface area contributed by atoms with Gasteiger partial charge in [-0.05, 0) is 61.7 Å². The summed E-state index contributed by atoms with van der Waals surface area (Å²) in [6.07, 6.45) is 0.646. The van der Waals surface area contributed by atoms with Crippen molar-refractivity contribution in [1.82, 2.24) is 4.90 Å². The van der Waals surface area contributed by atoms with Gasteiger partial charge < -0.3 is 14.7 Å². The molecule has 1 aliphatic rings. The normalized spacial score (nSPS) is 18.3. The van der Waals surface area contributed by atoms with Crippen molar-refractivity contribution in [1.29, 1.82) is 0 Å². The van der Waals surface area contributed by atoms with Gasteiger partial charge in [0.1, 0.15) is 17.3 Å². The molecule has 29 heavy (non-hydrogen) atoms.